The quantitative estimate of drug-likeness (QED) is 0.698. The van der Waals surface area contributed by atoms with Gasteiger partial charge < -0.3 is 10.2 Å². The first-order valence-corrected chi connectivity index (χ1v) is 11.6. The molecule has 0 bridgehead atoms. The van der Waals surface area contributed by atoms with Gasteiger partial charge in [0.1, 0.15) is 6.04 Å². The van der Waals surface area contributed by atoms with E-state index in [1.54, 1.807) is 0 Å². The number of hydrogen-bond donors (Lipinski definition) is 1. The van der Waals surface area contributed by atoms with Crippen LogP contribution in [-0.4, -0.2) is 56.6 Å². The molecular formula is C20H33N3O3S. The minimum Gasteiger partial charge on any atom is -0.370 e. The number of carbonyl (C=O) groups is 1. The predicted octanol–water partition coefficient (Wildman–Crippen LogP) is 2.53. The summed E-state index contributed by atoms with van der Waals surface area (Å²) in [4.78, 5) is 14.9. The lowest BCUT2D eigenvalue weighted by Gasteiger charge is -2.34. The normalized spacial score (nSPS) is 18.3. The lowest BCUT2D eigenvalue weighted by atomic mass is 10.0. The Bertz CT molecular complexity index is 721. The van der Waals surface area contributed by atoms with Gasteiger partial charge in [-0.15, -0.1) is 0 Å². The first-order valence-electron chi connectivity index (χ1n) is 9.98. The van der Waals surface area contributed by atoms with E-state index in [1.165, 1.54) is 15.6 Å². The van der Waals surface area contributed by atoms with Crippen LogP contribution in [0.15, 0.2) is 24.3 Å². The van der Waals surface area contributed by atoms with Crippen LogP contribution in [0.4, 0.5) is 5.69 Å². The summed E-state index contributed by atoms with van der Waals surface area (Å²) in [5.41, 5.74) is 2.37. The van der Waals surface area contributed by atoms with E-state index >= 15 is 0 Å². The van der Waals surface area contributed by atoms with Crippen molar-refractivity contribution in [2.45, 2.75) is 52.5 Å². The summed E-state index contributed by atoms with van der Waals surface area (Å²) < 4.78 is 26.4. The largest absolute Gasteiger partial charge is 0.370 e. The van der Waals surface area contributed by atoms with Gasteiger partial charge in [-0.3, -0.25) is 4.79 Å². The smallest absolute Gasteiger partial charge is 0.238 e. The molecule has 0 saturated carbocycles. The van der Waals surface area contributed by atoms with E-state index in [-0.39, 0.29) is 11.7 Å². The van der Waals surface area contributed by atoms with E-state index < -0.39 is 16.1 Å². The van der Waals surface area contributed by atoms with Crippen LogP contribution in [0.2, 0.25) is 0 Å². The maximum Gasteiger partial charge on any atom is 0.238 e. The van der Waals surface area contributed by atoms with Crippen LogP contribution in [0, 0.1) is 6.92 Å². The number of amides is 1. The number of piperidine rings is 1. The van der Waals surface area contributed by atoms with E-state index in [1.807, 2.05) is 19.1 Å². The fraction of sp³-hybridized carbons (Fsp3) is 0.650. The van der Waals surface area contributed by atoms with Gasteiger partial charge in [0.2, 0.25) is 15.9 Å². The van der Waals surface area contributed by atoms with Gasteiger partial charge in [0.25, 0.3) is 0 Å². The second-order valence-electron chi connectivity index (χ2n) is 7.10. The molecule has 1 amide bonds. The molecule has 152 valence electrons. The molecule has 1 aromatic carbocycles. The summed E-state index contributed by atoms with van der Waals surface area (Å²) in [6.45, 7) is 8.51. The van der Waals surface area contributed by atoms with Crippen molar-refractivity contribution in [1.82, 2.24) is 9.62 Å². The summed E-state index contributed by atoms with van der Waals surface area (Å²) in [7, 11) is -3.36. The topological polar surface area (TPSA) is 69.7 Å². The van der Waals surface area contributed by atoms with Crippen LogP contribution in [0.5, 0.6) is 0 Å². The molecule has 6 nitrogen and oxygen atoms in total. The van der Waals surface area contributed by atoms with Gasteiger partial charge in [-0.2, -0.15) is 4.31 Å². The zero-order chi connectivity index (χ0) is 19.9. The molecule has 1 heterocycles. The second-order valence-corrected chi connectivity index (χ2v) is 9.14. The maximum atomic E-state index is 12.7. The number of sulfonamides is 1. The molecule has 1 saturated heterocycles. The van der Waals surface area contributed by atoms with Gasteiger partial charge in [-0.1, -0.05) is 31.5 Å². The molecule has 0 aromatic heterocycles. The number of para-hydroxylation sites is 1. The highest BCUT2D eigenvalue weighted by Crippen LogP contribution is 2.22. The first kappa shape index (κ1) is 21.7. The maximum absolute atomic E-state index is 12.7. The Morgan fingerprint density at radius 1 is 1.26 bits per heavy atom. The van der Waals surface area contributed by atoms with E-state index in [9.17, 15) is 13.2 Å². The zero-order valence-electron chi connectivity index (χ0n) is 16.8. The van der Waals surface area contributed by atoms with Crippen molar-refractivity contribution >= 4 is 21.6 Å². The Balaban J connectivity index is 1.96. The molecule has 2 rings (SSSR count). The molecule has 1 N–H and O–H groups in total. The van der Waals surface area contributed by atoms with Crippen molar-refractivity contribution in [2.24, 2.45) is 0 Å². The molecule has 1 aliphatic rings. The first-order chi connectivity index (χ1) is 12.9. The Kier molecular flexibility index (Phi) is 8.10. The number of benzene rings is 1. The third kappa shape index (κ3) is 5.69. The summed E-state index contributed by atoms with van der Waals surface area (Å²) in [6.07, 6.45) is 2.88. The average Bonchev–Trinajstić information content (AvgIpc) is 2.66. The zero-order valence-corrected chi connectivity index (χ0v) is 17.6. The Labute approximate surface area is 164 Å². The number of anilines is 1. The molecule has 0 spiro atoms. The van der Waals surface area contributed by atoms with E-state index in [0.717, 1.165) is 19.4 Å². The molecule has 1 aliphatic heterocycles. The van der Waals surface area contributed by atoms with Crippen molar-refractivity contribution in [1.29, 1.82) is 0 Å². The van der Waals surface area contributed by atoms with Crippen molar-refractivity contribution in [3.05, 3.63) is 29.8 Å². The highest BCUT2D eigenvalue weighted by atomic mass is 32.2. The van der Waals surface area contributed by atoms with Crippen molar-refractivity contribution in [2.75, 3.05) is 36.8 Å². The molecular weight excluding hydrogens is 362 g/mol. The van der Waals surface area contributed by atoms with Crippen LogP contribution in [0.25, 0.3) is 0 Å². The average molecular weight is 396 g/mol. The van der Waals surface area contributed by atoms with Crippen LogP contribution in [0.3, 0.4) is 0 Å². The van der Waals surface area contributed by atoms with E-state index in [4.69, 9.17) is 0 Å². The van der Waals surface area contributed by atoms with E-state index in [0.29, 0.717) is 32.5 Å². The summed E-state index contributed by atoms with van der Waals surface area (Å²) in [5.74, 6) is -0.0663. The standard InChI is InChI=1S/C20H33N3O3S/c1-4-16-27(25,26)23-14-9-8-12-19(23)20(24)21-13-15-22(5-2)18-11-7-6-10-17(18)3/h6-7,10-11,19H,4-5,8-9,12-16H2,1-3H3,(H,21,24). The molecule has 0 aliphatic carbocycles. The molecule has 1 fully saturated rings. The lowest BCUT2D eigenvalue weighted by molar-refractivity contribution is -0.125. The molecule has 1 atom stereocenters. The Hall–Kier alpha value is -1.60. The van der Waals surface area contributed by atoms with Crippen LogP contribution in [-0.2, 0) is 14.8 Å². The van der Waals surface area contributed by atoms with Gasteiger partial charge >= 0.3 is 0 Å². The van der Waals surface area contributed by atoms with Gasteiger partial charge in [0.05, 0.1) is 5.75 Å². The third-order valence-corrected chi connectivity index (χ3v) is 7.17. The highest BCUT2D eigenvalue weighted by molar-refractivity contribution is 7.89. The van der Waals surface area contributed by atoms with Crippen molar-refractivity contribution in [3.63, 3.8) is 0 Å². The number of nitrogens with one attached hydrogen (secondary N) is 1. The van der Waals surface area contributed by atoms with E-state index in [2.05, 4.69) is 36.2 Å². The number of carbonyl (C=O) groups excluding carboxylic acids is 1. The number of rotatable bonds is 9. The fourth-order valence-electron chi connectivity index (χ4n) is 3.67. The lowest BCUT2D eigenvalue weighted by Crippen LogP contribution is -2.53. The molecule has 1 aromatic rings. The molecule has 1 unspecified atom stereocenters. The SMILES string of the molecule is CCCS(=O)(=O)N1CCCCC1C(=O)NCCN(CC)c1ccccc1C. The number of nitrogens with zero attached hydrogens (tertiary/aromatic N) is 2. The minimum atomic E-state index is -3.36. The van der Waals surface area contributed by atoms with Gasteiger partial charge in [0.15, 0.2) is 0 Å². The Morgan fingerprint density at radius 2 is 2.00 bits per heavy atom. The monoisotopic (exact) mass is 395 g/mol. The summed E-state index contributed by atoms with van der Waals surface area (Å²) in [6, 6.07) is 7.63. The summed E-state index contributed by atoms with van der Waals surface area (Å²) in [5, 5.41) is 2.96. The number of aryl methyl sites for hydroxylation is 1. The summed E-state index contributed by atoms with van der Waals surface area (Å²) >= 11 is 0. The molecule has 7 heteroatoms. The van der Waals surface area contributed by atoms with Gasteiger partial charge in [-0.25, -0.2) is 8.42 Å². The highest BCUT2D eigenvalue weighted by Gasteiger charge is 2.35. The molecule has 27 heavy (non-hydrogen) atoms. The minimum absolute atomic E-state index is 0.105. The number of likely N-dealkylation sites (N-methyl/N-ethyl adjacent to an activating group) is 1. The van der Waals surface area contributed by atoms with Gasteiger partial charge in [-0.05, 0) is 44.7 Å². The van der Waals surface area contributed by atoms with Crippen molar-refractivity contribution in [3.8, 4) is 0 Å². The fourth-order valence-corrected chi connectivity index (χ4v) is 5.42. The van der Waals surface area contributed by atoms with Crippen molar-refractivity contribution < 1.29 is 13.2 Å². The Morgan fingerprint density at radius 3 is 2.67 bits per heavy atom. The predicted molar refractivity (Wildman–Crippen MR) is 110 cm³/mol. The van der Waals surface area contributed by atoms with Crippen LogP contribution >= 0.6 is 0 Å². The molecule has 0 radical (unpaired) electrons. The third-order valence-electron chi connectivity index (χ3n) is 5.09. The van der Waals surface area contributed by atoms with Crippen LogP contribution in [0.1, 0.15) is 45.1 Å². The van der Waals surface area contributed by atoms with Crippen LogP contribution < -0.4 is 10.2 Å². The van der Waals surface area contributed by atoms with Gasteiger partial charge in [0, 0.05) is 31.9 Å². The number of hydrogen-bond acceptors (Lipinski definition) is 4. The second kappa shape index (κ2) is 10.1.